The van der Waals surface area contributed by atoms with E-state index >= 15 is 0 Å². The Bertz CT molecular complexity index is 567. The van der Waals surface area contributed by atoms with Crippen LogP contribution >= 0.6 is 0 Å². The predicted octanol–water partition coefficient (Wildman–Crippen LogP) is 2.47. The van der Waals surface area contributed by atoms with Crippen LogP contribution in [0.4, 0.5) is 4.79 Å². The van der Waals surface area contributed by atoms with Crippen LogP contribution in [-0.4, -0.2) is 42.0 Å². The van der Waals surface area contributed by atoms with Gasteiger partial charge in [0.15, 0.2) is 0 Å². The summed E-state index contributed by atoms with van der Waals surface area (Å²) in [7, 11) is 0. The number of rotatable bonds is 3. The SMILES string of the molecule is NC(=O)N1CCN(C(c2ccccc2)c2ccccc2)CC1. The summed E-state index contributed by atoms with van der Waals surface area (Å²) in [5.74, 6) is 0. The summed E-state index contributed by atoms with van der Waals surface area (Å²) in [6.45, 7) is 3.03. The van der Waals surface area contributed by atoms with Gasteiger partial charge in [0.1, 0.15) is 0 Å². The number of nitrogens with zero attached hydrogens (tertiary/aromatic N) is 2. The Morgan fingerprint density at radius 3 is 1.68 bits per heavy atom. The van der Waals surface area contributed by atoms with Gasteiger partial charge >= 0.3 is 6.03 Å². The fraction of sp³-hybridized carbons (Fsp3) is 0.278. The molecule has 3 rings (SSSR count). The summed E-state index contributed by atoms with van der Waals surface area (Å²) in [5, 5.41) is 0. The van der Waals surface area contributed by atoms with Crippen molar-refractivity contribution in [1.82, 2.24) is 9.80 Å². The molecule has 0 spiro atoms. The first-order valence-corrected chi connectivity index (χ1v) is 7.64. The van der Waals surface area contributed by atoms with Crippen LogP contribution in [0, 0.1) is 0 Å². The summed E-state index contributed by atoms with van der Waals surface area (Å²) in [6.07, 6.45) is 0. The number of piperazine rings is 1. The first-order valence-electron chi connectivity index (χ1n) is 7.64. The molecule has 1 fully saturated rings. The smallest absolute Gasteiger partial charge is 0.314 e. The fourth-order valence-corrected chi connectivity index (χ4v) is 3.09. The molecule has 0 saturated carbocycles. The second-order valence-corrected chi connectivity index (χ2v) is 5.59. The Balaban J connectivity index is 1.86. The summed E-state index contributed by atoms with van der Waals surface area (Å²) in [6, 6.07) is 20.9. The topological polar surface area (TPSA) is 49.6 Å². The molecule has 0 aliphatic carbocycles. The van der Waals surface area contributed by atoms with Crippen LogP contribution in [0.3, 0.4) is 0 Å². The maximum Gasteiger partial charge on any atom is 0.314 e. The van der Waals surface area contributed by atoms with Crippen molar-refractivity contribution in [2.24, 2.45) is 5.73 Å². The van der Waals surface area contributed by atoms with Crippen LogP contribution < -0.4 is 5.73 Å². The van der Waals surface area contributed by atoms with Crippen molar-refractivity contribution in [3.8, 4) is 0 Å². The second-order valence-electron chi connectivity index (χ2n) is 5.59. The zero-order valence-corrected chi connectivity index (χ0v) is 12.6. The maximum absolute atomic E-state index is 11.3. The third-order valence-electron chi connectivity index (χ3n) is 4.22. The normalized spacial score (nSPS) is 16.0. The van der Waals surface area contributed by atoms with Crippen molar-refractivity contribution in [3.05, 3.63) is 71.8 Å². The van der Waals surface area contributed by atoms with Gasteiger partial charge < -0.3 is 10.6 Å². The van der Waals surface area contributed by atoms with Crippen molar-refractivity contribution < 1.29 is 4.79 Å². The van der Waals surface area contributed by atoms with E-state index in [9.17, 15) is 4.79 Å². The van der Waals surface area contributed by atoms with E-state index in [2.05, 4.69) is 53.4 Å². The summed E-state index contributed by atoms with van der Waals surface area (Å²) >= 11 is 0. The van der Waals surface area contributed by atoms with Crippen LogP contribution in [0.5, 0.6) is 0 Å². The number of urea groups is 1. The molecule has 0 radical (unpaired) electrons. The lowest BCUT2D eigenvalue weighted by molar-refractivity contribution is 0.124. The van der Waals surface area contributed by atoms with Crippen molar-refractivity contribution in [1.29, 1.82) is 0 Å². The average molecular weight is 295 g/mol. The zero-order chi connectivity index (χ0) is 15.4. The van der Waals surface area contributed by atoms with Gasteiger partial charge in [0.2, 0.25) is 0 Å². The molecular weight excluding hydrogens is 274 g/mol. The highest BCUT2D eigenvalue weighted by molar-refractivity contribution is 5.72. The number of carbonyl (C=O) groups is 1. The van der Waals surface area contributed by atoms with Crippen LogP contribution in [0.2, 0.25) is 0 Å². The second kappa shape index (κ2) is 6.62. The Morgan fingerprint density at radius 1 is 0.818 bits per heavy atom. The van der Waals surface area contributed by atoms with E-state index in [0.29, 0.717) is 13.1 Å². The van der Waals surface area contributed by atoms with Gasteiger partial charge in [-0.05, 0) is 11.1 Å². The number of benzene rings is 2. The minimum Gasteiger partial charge on any atom is -0.351 e. The van der Waals surface area contributed by atoms with Crippen LogP contribution in [0.25, 0.3) is 0 Å². The number of carbonyl (C=O) groups excluding carboxylic acids is 1. The molecule has 2 amide bonds. The van der Waals surface area contributed by atoms with Gasteiger partial charge in [-0.25, -0.2) is 4.79 Å². The summed E-state index contributed by atoms with van der Waals surface area (Å²) in [5.41, 5.74) is 7.94. The molecule has 0 aromatic heterocycles. The Morgan fingerprint density at radius 2 is 1.27 bits per heavy atom. The monoisotopic (exact) mass is 295 g/mol. The summed E-state index contributed by atoms with van der Waals surface area (Å²) in [4.78, 5) is 15.4. The zero-order valence-electron chi connectivity index (χ0n) is 12.6. The van der Waals surface area contributed by atoms with Crippen molar-refractivity contribution in [2.45, 2.75) is 6.04 Å². The highest BCUT2D eigenvalue weighted by Crippen LogP contribution is 2.29. The molecule has 2 aromatic carbocycles. The van der Waals surface area contributed by atoms with Gasteiger partial charge in [-0.3, -0.25) is 4.90 Å². The Labute approximate surface area is 131 Å². The molecule has 2 aromatic rings. The number of hydrogen-bond donors (Lipinski definition) is 1. The molecule has 4 heteroatoms. The largest absolute Gasteiger partial charge is 0.351 e. The Hall–Kier alpha value is -2.33. The maximum atomic E-state index is 11.3. The summed E-state index contributed by atoms with van der Waals surface area (Å²) < 4.78 is 0. The number of amides is 2. The molecule has 1 heterocycles. The molecule has 22 heavy (non-hydrogen) atoms. The van der Waals surface area contributed by atoms with Gasteiger partial charge in [-0.2, -0.15) is 0 Å². The minimum atomic E-state index is -0.323. The number of hydrogen-bond acceptors (Lipinski definition) is 2. The molecule has 114 valence electrons. The molecule has 0 atom stereocenters. The quantitative estimate of drug-likeness (QED) is 0.945. The molecule has 1 aliphatic heterocycles. The van der Waals surface area contributed by atoms with Gasteiger partial charge in [-0.1, -0.05) is 60.7 Å². The van der Waals surface area contributed by atoms with Gasteiger partial charge in [0, 0.05) is 26.2 Å². The van der Waals surface area contributed by atoms with E-state index in [0.717, 1.165) is 13.1 Å². The first kappa shape index (κ1) is 14.6. The molecular formula is C18H21N3O. The van der Waals surface area contributed by atoms with Crippen LogP contribution in [0.15, 0.2) is 60.7 Å². The van der Waals surface area contributed by atoms with E-state index in [-0.39, 0.29) is 12.1 Å². The minimum absolute atomic E-state index is 0.220. The van der Waals surface area contributed by atoms with E-state index < -0.39 is 0 Å². The highest BCUT2D eigenvalue weighted by atomic mass is 16.2. The third-order valence-corrected chi connectivity index (χ3v) is 4.22. The van der Waals surface area contributed by atoms with E-state index in [1.165, 1.54) is 11.1 Å². The van der Waals surface area contributed by atoms with Crippen LogP contribution in [-0.2, 0) is 0 Å². The highest BCUT2D eigenvalue weighted by Gasteiger charge is 2.27. The van der Waals surface area contributed by atoms with Crippen molar-refractivity contribution in [2.75, 3.05) is 26.2 Å². The van der Waals surface area contributed by atoms with Crippen LogP contribution in [0.1, 0.15) is 17.2 Å². The molecule has 0 unspecified atom stereocenters. The molecule has 0 bridgehead atoms. The molecule has 4 nitrogen and oxygen atoms in total. The van der Waals surface area contributed by atoms with Gasteiger partial charge in [0.25, 0.3) is 0 Å². The van der Waals surface area contributed by atoms with Gasteiger partial charge in [-0.15, -0.1) is 0 Å². The molecule has 1 saturated heterocycles. The van der Waals surface area contributed by atoms with E-state index in [1.807, 2.05) is 12.1 Å². The predicted molar refractivity (Wildman–Crippen MR) is 87.5 cm³/mol. The fourth-order valence-electron chi connectivity index (χ4n) is 3.09. The van der Waals surface area contributed by atoms with Gasteiger partial charge in [0.05, 0.1) is 6.04 Å². The lowest BCUT2D eigenvalue weighted by atomic mass is 9.96. The number of primary amides is 1. The van der Waals surface area contributed by atoms with E-state index in [1.54, 1.807) is 4.90 Å². The lowest BCUT2D eigenvalue weighted by Gasteiger charge is -2.39. The first-order chi connectivity index (χ1) is 10.8. The van der Waals surface area contributed by atoms with Crippen molar-refractivity contribution in [3.63, 3.8) is 0 Å². The lowest BCUT2D eigenvalue weighted by Crippen LogP contribution is -2.51. The van der Waals surface area contributed by atoms with Crippen molar-refractivity contribution >= 4 is 6.03 Å². The number of nitrogens with two attached hydrogens (primary N) is 1. The molecule has 1 aliphatic rings. The molecule has 2 N–H and O–H groups in total. The average Bonchev–Trinajstić information content (AvgIpc) is 2.57. The third kappa shape index (κ3) is 3.12. The standard InChI is InChI=1S/C18H21N3O/c19-18(22)21-13-11-20(12-14-21)17(15-7-3-1-4-8-15)16-9-5-2-6-10-16/h1-10,17H,11-14H2,(H2,19,22). The Kier molecular flexibility index (Phi) is 4.39. The van der Waals surface area contributed by atoms with E-state index in [4.69, 9.17) is 5.73 Å².